The number of hydrogen-bond acceptors (Lipinski definition) is 5. The molecule has 0 amide bonds. The van der Waals surface area contributed by atoms with Gasteiger partial charge in [0, 0.05) is 6.04 Å². The summed E-state index contributed by atoms with van der Waals surface area (Å²) in [6.45, 7) is 0.180. The van der Waals surface area contributed by atoms with Gasteiger partial charge in [0.2, 0.25) is 0 Å². The SMILES string of the molecule is N#Cc1cccc(S(=O)(=O)CCOC2CCC(N)CC2)c1. The Balaban J connectivity index is 1.88. The van der Waals surface area contributed by atoms with E-state index in [9.17, 15) is 8.42 Å². The van der Waals surface area contributed by atoms with Crippen LogP contribution in [0, 0.1) is 11.3 Å². The fourth-order valence-electron chi connectivity index (χ4n) is 2.46. The summed E-state index contributed by atoms with van der Waals surface area (Å²) in [5.74, 6) is -0.0650. The van der Waals surface area contributed by atoms with Crippen LogP contribution in [0.15, 0.2) is 29.2 Å². The van der Waals surface area contributed by atoms with Crippen molar-refractivity contribution in [3.8, 4) is 6.07 Å². The quantitative estimate of drug-likeness (QED) is 0.892. The molecular formula is C15H20N2O3S. The topological polar surface area (TPSA) is 93.2 Å². The molecule has 5 nitrogen and oxygen atoms in total. The van der Waals surface area contributed by atoms with Crippen molar-refractivity contribution in [1.82, 2.24) is 0 Å². The van der Waals surface area contributed by atoms with Crippen molar-refractivity contribution in [2.75, 3.05) is 12.4 Å². The van der Waals surface area contributed by atoms with Crippen LogP contribution >= 0.6 is 0 Å². The van der Waals surface area contributed by atoms with Gasteiger partial charge in [0.1, 0.15) is 0 Å². The number of ether oxygens (including phenoxy) is 1. The Labute approximate surface area is 125 Å². The molecule has 1 fully saturated rings. The van der Waals surface area contributed by atoms with Crippen molar-refractivity contribution < 1.29 is 13.2 Å². The summed E-state index contributed by atoms with van der Waals surface area (Å²) in [5.41, 5.74) is 6.17. The molecule has 1 aliphatic rings. The molecule has 0 aromatic heterocycles. The zero-order valence-corrected chi connectivity index (χ0v) is 12.7. The first-order valence-electron chi connectivity index (χ1n) is 7.11. The molecule has 114 valence electrons. The maximum absolute atomic E-state index is 12.2. The minimum absolute atomic E-state index is 0.0650. The van der Waals surface area contributed by atoms with E-state index in [0.717, 1.165) is 25.7 Å². The molecule has 0 radical (unpaired) electrons. The molecule has 1 aromatic rings. The van der Waals surface area contributed by atoms with Gasteiger partial charge in [-0.2, -0.15) is 5.26 Å². The van der Waals surface area contributed by atoms with E-state index in [0.29, 0.717) is 5.56 Å². The van der Waals surface area contributed by atoms with Gasteiger partial charge in [-0.25, -0.2) is 8.42 Å². The van der Waals surface area contributed by atoms with Crippen molar-refractivity contribution in [3.63, 3.8) is 0 Å². The van der Waals surface area contributed by atoms with Gasteiger partial charge in [-0.3, -0.25) is 0 Å². The smallest absolute Gasteiger partial charge is 0.180 e. The molecule has 2 N–H and O–H groups in total. The van der Waals surface area contributed by atoms with E-state index in [2.05, 4.69) is 0 Å². The highest BCUT2D eigenvalue weighted by Crippen LogP contribution is 2.20. The molecule has 0 saturated heterocycles. The average molecular weight is 308 g/mol. The molecule has 1 aliphatic carbocycles. The number of benzene rings is 1. The highest BCUT2D eigenvalue weighted by atomic mass is 32.2. The lowest BCUT2D eigenvalue weighted by atomic mass is 9.94. The van der Waals surface area contributed by atoms with Crippen LogP contribution in [0.5, 0.6) is 0 Å². The van der Waals surface area contributed by atoms with Crippen LogP contribution in [0.3, 0.4) is 0 Å². The Kier molecular flexibility index (Phi) is 5.34. The number of nitrogens with two attached hydrogens (primary N) is 1. The normalized spacial score (nSPS) is 22.7. The fraction of sp³-hybridized carbons (Fsp3) is 0.533. The van der Waals surface area contributed by atoms with Gasteiger partial charge < -0.3 is 10.5 Å². The molecule has 21 heavy (non-hydrogen) atoms. The summed E-state index contributed by atoms with van der Waals surface area (Å²) in [4.78, 5) is 0.177. The zero-order chi connectivity index (χ0) is 15.3. The predicted octanol–water partition coefficient (Wildman–Crippen LogP) is 1.62. The third-order valence-corrected chi connectivity index (χ3v) is 5.42. The third-order valence-electron chi connectivity index (χ3n) is 3.75. The van der Waals surface area contributed by atoms with Gasteiger partial charge in [-0.15, -0.1) is 0 Å². The lowest BCUT2D eigenvalue weighted by Gasteiger charge is -2.26. The van der Waals surface area contributed by atoms with Gasteiger partial charge in [0.15, 0.2) is 9.84 Å². The van der Waals surface area contributed by atoms with Crippen LogP contribution in [0.1, 0.15) is 31.2 Å². The first-order valence-corrected chi connectivity index (χ1v) is 8.76. The highest BCUT2D eigenvalue weighted by Gasteiger charge is 2.20. The second-order valence-electron chi connectivity index (χ2n) is 5.37. The minimum atomic E-state index is -3.41. The second-order valence-corrected chi connectivity index (χ2v) is 7.48. The summed E-state index contributed by atoms with van der Waals surface area (Å²) in [7, 11) is -3.41. The molecule has 1 saturated carbocycles. The maximum Gasteiger partial charge on any atom is 0.180 e. The van der Waals surface area contributed by atoms with Crippen molar-refractivity contribution >= 4 is 9.84 Å². The summed E-state index contributed by atoms with van der Waals surface area (Å²) in [6, 6.07) is 8.27. The Morgan fingerprint density at radius 1 is 1.29 bits per heavy atom. The summed E-state index contributed by atoms with van der Waals surface area (Å²) >= 11 is 0. The van der Waals surface area contributed by atoms with Gasteiger partial charge in [-0.05, 0) is 43.9 Å². The van der Waals surface area contributed by atoms with E-state index >= 15 is 0 Å². The van der Waals surface area contributed by atoms with E-state index in [1.807, 2.05) is 6.07 Å². The van der Waals surface area contributed by atoms with E-state index < -0.39 is 9.84 Å². The lowest BCUT2D eigenvalue weighted by Crippen LogP contribution is -2.31. The average Bonchev–Trinajstić information content (AvgIpc) is 2.49. The molecule has 0 unspecified atom stereocenters. The van der Waals surface area contributed by atoms with E-state index in [-0.39, 0.29) is 29.4 Å². The Bertz CT molecular complexity index is 614. The molecule has 0 spiro atoms. The summed E-state index contributed by atoms with van der Waals surface area (Å²) < 4.78 is 30.0. The first-order chi connectivity index (χ1) is 10.0. The third kappa shape index (κ3) is 4.53. The molecule has 0 bridgehead atoms. The number of rotatable bonds is 5. The summed E-state index contributed by atoms with van der Waals surface area (Å²) in [5, 5.41) is 8.82. The van der Waals surface area contributed by atoms with Gasteiger partial charge in [-0.1, -0.05) is 6.07 Å². The molecule has 0 aliphatic heterocycles. The van der Waals surface area contributed by atoms with Crippen LogP contribution in [-0.2, 0) is 14.6 Å². The zero-order valence-electron chi connectivity index (χ0n) is 11.9. The molecule has 0 atom stereocenters. The Hall–Kier alpha value is -1.42. The Morgan fingerprint density at radius 2 is 2.00 bits per heavy atom. The number of nitriles is 1. The second kappa shape index (κ2) is 7.03. The van der Waals surface area contributed by atoms with Crippen molar-refractivity contribution in [3.05, 3.63) is 29.8 Å². The van der Waals surface area contributed by atoms with Crippen LogP contribution < -0.4 is 5.73 Å². The molecule has 1 aromatic carbocycles. The number of hydrogen-bond donors (Lipinski definition) is 1. The highest BCUT2D eigenvalue weighted by molar-refractivity contribution is 7.91. The van der Waals surface area contributed by atoms with Crippen molar-refractivity contribution in [1.29, 1.82) is 5.26 Å². The molecule has 6 heteroatoms. The van der Waals surface area contributed by atoms with Crippen LogP contribution in [0.4, 0.5) is 0 Å². The monoisotopic (exact) mass is 308 g/mol. The van der Waals surface area contributed by atoms with Gasteiger partial charge in [0.25, 0.3) is 0 Å². The number of sulfone groups is 1. The van der Waals surface area contributed by atoms with Gasteiger partial charge >= 0.3 is 0 Å². The maximum atomic E-state index is 12.2. The van der Waals surface area contributed by atoms with Crippen LogP contribution in [-0.4, -0.2) is 32.9 Å². The lowest BCUT2D eigenvalue weighted by molar-refractivity contribution is 0.0344. The van der Waals surface area contributed by atoms with Crippen LogP contribution in [0.2, 0.25) is 0 Å². The van der Waals surface area contributed by atoms with Crippen molar-refractivity contribution in [2.45, 2.75) is 42.7 Å². The molecular weight excluding hydrogens is 288 g/mol. The first kappa shape index (κ1) is 16.0. The minimum Gasteiger partial charge on any atom is -0.377 e. The molecule has 2 rings (SSSR count). The standard InChI is InChI=1S/C15H20N2O3S/c16-11-12-2-1-3-15(10-12)21(18,19)9-8-20-14-6-4-13(17)5-7-14/h1-3,10,13-14H,4-9,17H2. The van der Waals surface area contributed by atoms with Crippen molar-refractivity contribution in [2.24, 2.45) is 5.73 Å². The van der Waals surface area contributed by atoms with E-state index in [1.54, 1.807) is 12.1 Å². The van der Waals surface area contributed by atoms with Crippen LogP contribution in [0.25, 0.3) is 0 Å². The Morgan fingerprint density at radius 3 is 2.67 bits per heavy atom. The van der Waals surface area contributed by atoms with Gasteiger partial charge in [0.05, 0.1) is 35.0 Å². The van der Waals surface area contributed by atoms with E-state index in [1.165, 1.54) is 12.1 Å². The molecule has 0 heterocycles. The fourth-order valence-corrected chi connectivity index (χ4v) is 3.60. The summed E-state index contributed by atoms with van der Waals surface area (Å²) in [6.07, 6.45) is 3.77. The number of nitrogens with zero attached hydrogens (tertiary/aromatic N) is 1. The van der Waals surface area contributed by atoms with E-state index in [4.69, 9.17) is 15.7 Å². The largest absolute Gasteiger partial charge is 0.377 e. The predicted molar refractivity (Wildman–Crippen MR) is 79.4 cm³/mol.